The van der Waals surface area contributed by atoms with Crippen molar-refractivity contribution in [2.45, 2.75) is 25.4 Å². The van der Waals surface area contributed by atoms with Gasteiger partial charge in [-0.1, -0.05) is 6.07 Å². The molecule has 1 saturated heterocycles. The van der Waals surface area contributed by atoms with Crippen LogP contribution >= 0.6 is 0 Å². The van der Waals surface area contributed by atoms with Gasteiger partial charge < -0.3 is 19.9 Å². The van der Waals surface area contributed by atoms with Crippen LogP contribution in [-0.2, 0) is 6.54 Å². The fourth-order valence-electron chi connectivity index (χ4n) is 3.52. The molecule has 29 heavy (non-hydrogen) atoms. The fourth-order valence-corrected chi connectivity index (χ4v) is 3.52. The molecule has 2 aromatic rings. The number of carbonyl (C=O) groups is 2. The van der Waals surface area contributed by atoms with Crippen molar-refractivity contribution < 1.29 is 23.5 Å². The minimum atomic E-state index is -0.982. The third-order valence-electron chi connectivity index (χ3n) is 5.05. The van der Waals surface area contributed by atoms with Gasteiger partial charge in [0.25, 0.3) is 5.91 Å². The number of hydrogen-bond donors (Lipinski definition) is 2. The highest BCUT2D eigenvalue weighted by atomic mass is 19.1. The van der Waals surface area contributed by atoms with Crippen LogP contribution in [-0.4, -0.2) is 46.9 Å². The number of aromatic hydroxyl groups is 1. The lowest BCUT2D eigenvalue weighted by atomic mass is 10.0. The molecule has 2 heterocycles. The second-order valence-corrected chi connectivity index (χ2v) is 7.11. The molecule has 1 fully saturated rings. The molecule has 1 aromatic heterocycles. The first kappa shape index (κ1) is 20.7. The molecule has 9 heteroatoms. The Kier molecular flexibility index (Phi) is 6.07. The van der Waals surface area contributed by atoms with E-state index in [1.165, 1.54) is 16.8 Å². The molecule has 1 aliphatic rings. The van der Waals surface area contributed by atoms with Crippen molar-refractivity contribution in [1.82, 2.24) is 14.8 Å². The predicted octanol–water partition coefficient (Wildman–Crippen LogP) is 1.84. The summed E-state index contributed by atoms with van der Waals surface area (Å²) in [5, 5.41) is 12.6. The molecule has 154 valence electrons. The topological polar surface area (TPSA) is 91.6 Å². The average Bonchev–Trinajstić information content (AvgIpc) is 2.69. The number of amides is 1. The first-order chi connectivity index (χ1) is 13.8. The maximum atomic E-state index is 13.7. The summed E-state index contributed by atoms with van der Waals surface area (Å²) in [4.78, 5) is 38.5. The Balaban J connectivity index is 1.90. The van der Waals surface area contributed by atoms with Gasteiger partial charge >= 0.3 is 0 Å². The van der Waals surface area contributed by atoms with Gasteiger partial charge in [-0.05, 0) is 32.5 Å². The SMILES string of the molecule is CN1CCCC(n2cc(C(=O)NCc3ccc(F)cc3F)c(=O)c(O)c2C=O)C1. The van der Waals surface area contributed by atoms with Crippen LogP contribution in [0.25, 0.3) is 0 Å². The van der Waals surface area contributed by atoms with Gasteiger partial charge in [-0.15, -0.1) is 0 Å². The second kappa shape index (κ2) is 8.52. The number of likely N-dealkylation sites (tertiary alicyclic amines) is 1. The molecule has 1 amide bonds. The number of nitrogens with one attached hydrogen (secondary N) is 1. The normalized spacial score (nSPS) is 17.1. The smallest absolute Gasteiger partial charge is 0.257 e. The van der Waals surface area contributed by atoms with E-state index in [1.807, 2.05) is 7.05 Å². The molecule has 0 aliphatic carbocycles. The van der Waals surface area contributed by atoms with E-state index in [1.54, 1.807) is 0 Å². The third-order valence-corrected chi connectivity index (χ3v) is 5.05. The molecule has 7 nitrogen and oxygen atoms in total. The molecule has 0 radical (unpaired) electrons. The summed E-state index contributed by atoms with van der Waals surface area (Å²) < 4.78 is 28.2. The highest BCUT2D eigenvalue weighted by Crippen LogP contribution is 2.24. The monoisotopic (exact) mass is 405 g/mol. The molecule has 1 aliphatic heterocycles. The standard InChI is InChI=1S/C20H21F2N3O4/c1-24-6-2-3-14(9-24)25-10-15(18(27)19(28)17(25)11-26)20(29)23-8-12-4-5-13(21)7-16(12)22/h4-5,7,10-11,14,28H,2-3,6,8-9H2,1H3,(H,23,29). The first-order valence-corrected chi connectivity index (χ1v) is 9.15. The average molecular weight is 405 g/mol. The van der Waals surface area contributed by atoms with Crippen LogP contribution in [0.1, 0.15) is 45.3 Å². The summed E-state index contributed by atoms with van der Waals surface area (Å²) in [5.41, 5.74) is -1.48. The number of hydrogen-bond acceptors (Lipinski definition) is 5. The summed E-state index contributed by atoms with van der Waals surface area (Å²) >= 11 is 0. The molecule has 1 unspecified atom stereocenters. The van der Waals surface area contributed by atoms with Crippen molar-refractivity contribution in [3.63, 3.8) is 0 Å². The van der Waals surface area contributed by atoms with E-state index in [0.717, 1.165) is 25.5 Å². The Bertz CT molecular complexity index is 1010. The highest BCUT2D eigenvalue weighted by Gasteiger charge is 2.25. The van der Waals surface area contributed by atoms with Crippen molar-refractivity contribution >= 4 is 12.2 Å². The van der Waals surface area contributed by atoms with E-state index < -0.39 is 28.7 Å². The minimum Gasteiger partial charge on any atom is -0.503 e. The number of halogens is 2. The number of rotatable bonds is 5. The summed E-state index contributed by atoms with van der Waals surface area (Å²) in [6.07, 6.45) is 3.22. The molecule has 0 spiro atoms. The molecule has 1 aromatic carbocycles. The van der Waals surface area contributed by atoms with Crippen LogP contribution < -0.4 is 10.7 Å². The van der Waals surface area contributed by atoms with Crippen molar-refractivity contribution in [2.24, 2.45) is 0 Å². The summed E-state index contributed by atoms with van der Waals surface area (Å²) in [5.74, 6) is -3.20. The van der Waals surface area contributed by atoms with Gasteiger partial charge in [-0.3, -0.25) is 14.4 Å². The Morgan fingerprint density at radius 2 is 2.14 bits per heavy atom. The molecular formula is C20H21F2N3O4. The number of aldehydes is 1. The van der Waals surface area contributed by atoms with Crippen LogP contribution in [0.5, 0.6) is 5.75 Å². The van der Waals surface area contributed by atoms with Crippen LogP contribution in [0, 0.1) is 11.6 Å². The van der Waals surface area contributed by atoms with Gasteiger partial charge in [0.1, 0.15) is 22.9 Å². The van der Waals surface area contributed by atoms with Gasteiger partial charge in [-0.25, -0.2) is 8.78 Å². The fraction of sp³-hybridized carbons (Fsp3) is 0.350. The van der Waals surface area contributed by atoms with Crippen LogP contribution in [0.4, 0.5) is 8.78 Å². The number of benzene rings is 1. The van der Waals surface area contributed by atoms with Gasteiger partial charge in [0.2, 0.25) is 5.43 Å². The maximum absolute atomic E-state index is 13.7. The van der Waals surface area contributed by atoms with Crippen molar-refractivity contribution in [2.75, 3.05) is 20.1 Å². The maximum Gasteiger partial charge on any atom is 0.257 e. The van der Waals surface area contributed by atoms with Gasteiger partial charge in [0.15, 0.2) is 12.0 Å². The van der Waals surface area contributed by atoms with E-state index in [4.69, 9.17) is 0 Å². The van der Waals surface area contributed by atoms with E-state index in [2.05, 4.69) is 10.2 Å². The Morgan fingerprint density at radius 1 is 1.38 bits per heavy atom. The quantitative estimate of drug-likeness (QED) is 0.741. The van der Waals surface area contributed by atoms with Gasteiger partial charge in [0, 0.05) is 37.0 Å². The van der Waals surface area contributed by atoms with E-state index in [9.17, 15) is 28.3 Å². The van der Waals surface area contributed by atoms with E-state index in [-0.39, 0.29) is 29.4 Å². The van der Waals surface area contributed by atoms with E-state index in [0.29, 0.717) is 18.9 Å². The molecule has 2 N–H and O–H groups in total. The lowest BCUT2D eigenvalue weighted by Gasteiger charge is -2.32. The van der Waals surface area contributed by atoms with Crippen LogP contribution in [0.2, 0.25) is 0 Å². The number of aromatic nitrogens is 1. The Labute approximate surface area is 165 Å². The molecule has 0 bridgehead atoms. The third kappa shape index (κ3) is 4.34. The number of pyridine rings is 1. The first-order valence-electron chi connectivity index (χ1n) is 9.15. The number of carbonyl (C=O) groups excluding carboxylic acids is 2. The van der Waals surface area contributed by atoms with Gasteiger partial charge in [0.05, 0.1) is 0 Å². The largest absolute Gasteiger partial charge is 0.503 e. The van der Waals surface area contributed by atoms with Crippen LogP contribution in [0.3, 0.4) is 0 Å². The molecular weight excluding hydrogens is 384 g/mol. The molecule has 0 saturated carbocycles. The predicted molar refractivity (Wildman–Crippen MR) is 101 cm³/mol. The van der Waals surface area contributed by atoms with Crippen molar-refractivity contribution in [3.8, 4) is 5.75 Å². The zero-order chi connectivity index (χ0) is 21.1. The highest BCUT2D eigenvalue weighted by molar-refractivity contribution is 5.95. The molecule has 3 rings (SSSR count). The Morgan fingerprint density at radius 3 is 2.79 bits per heavy atom. The van der Waals surface area contributed by atoms with Gasteiger partial charge in [-0.2, -0.15) is 0 Å². The molecule has 1 atom stereocenters. The van der Waals surface area contributed by atoms with Crippen LogP contribution in [0.15, 0.2) is 29.2 Å². The van der Waals surface area contributed by atoms with E-state index >= 15 is 0 Å². The lowest BCUT2D eigenvalue weighted by molar-refractivity contribution is 0.0945. The zero-order valence-electron chi connectivity index (χ0n) is 15.8. The van der Waals surface area contributed by atoms with Crippen molar-refractivity contribution in [3.05, 3.63) is 63.1 Å². The summed E-state index contributed by atoms with van der Waals surface area (Å²) in [6, 6.07) is 2.75. The second-order valence-electron chi connectivity index (χ2n) is 7.11. The zero-order valence-corrected chi connectivity index (χ0v) is 15.8. The number of likely N-dealkylation sites (N-methyl/N-ethyl adjacent to an activating group) is 1. The summed E-state index contributed by atoms with van der Waals surface area (Å²) in [7, 11) is 1.92. The summed E-state index contributed by atoms with van der Waals surface area (Å²) in [6.45, 7) is 1.20. The lowest BCUT2D eigenvalue weighted by Crippen LogP contribution is -2.36. The number of piperidine rings is 1. The number of nitrogens with zero attached hydrogens (tertiary/aromatic N) is 2. The van der Waals surface area contributed by atoms with Crippen molar-refractivity contribution in [1.29, 1.82) is 0 Å². The minimum absolute atomic E-state index is 0.0442. The Hall–Kier alpha value is -3.07.